The van der Waals surface area contributed by atoms with E-state index in [1.165, 1.54) is 11.3 Å². The molecule has 0 spiro atoms. The van der Waals surface area contributed by atoms with Crippen LogP contribution in [0, 0.1) is 0 Å². The van der Waals surface area contributed by atoms with Gasteiger partial charge in [-0.3, -0.25) is 0 Å². The molecule has 72 valence electrons. The molecule has 0 atom stereocenters. The van der Waals surface area contributed by atoms with Crippen LogP contribution in [0.4, 0.5) is 0 Å². The van der Waals surface area contributed by atoms with Crippen LogP contribution in [-0.2, 0) is 0 Å². The Morgan fingerprint density at radius 3 is 2.64 bits per heavy atom. The van der Waals surface area contributed by atoms with Gasteiger partial charge in [0.1, 0.15) is 9.61 Å². The number of halogens is 3. The molecule has 14 heavy (non-hydrogen) atoms. The normalized spacial score (nSPS) is 10.5. The minimum atomic E-state index is 0.624. The molecule has 0 amide bonds. The third-order valence-corrected chi connectivity index (χ3v) is 3.77. The van der Waals surface area contributed by atoms with Gasteiger partial charge < -0.3 is 0 Å². The van der Waals surface area contributed by atoms with Gasteiger partial charge in [0, 0.05) is 16.0 Å². The highest BCUT2D eigenvalue weighted by molar-refractivity contribution is 9.10. The average Bonchev–Trinajstić information content (AvgIpc) is 2.51. The van der Waals surface area contributed by atoms with Crippen molar-refractivity contribution in [2.45, 2.75) is 0 Å². The van der Waals surface area contributed by atoms with Crippen molar-refractivity contribution in [1.29, 1.82) is 0 Å². The minimum absolute atomic E-state index is 0.624. The first-order valence-corrected chi connectivity index (χ1v) is 6.16. The van der Waals surface area contributed by atoms with Crippen LogP contribution in [0.15, 0.2) is 28.2 Å². The monoisotopic (exact) mass is 307 g/mol. The molecule has 5 heteroatoms. The molecule has 0 aliphatic heterocycles. The molecule has 0 bridgehead atoms. The van der Waals surface area contributed by atoms with Crippen molar-refractivity contribution >= 4 is 50.5 Å². The molecule has 1 aromatic carbocycles. The first kappa shape index (κ1) is 10.4. The van der Waals surface area contributed by atoms with Crippen molar-refractivity contribution in [2.75, 3.05) is 0 Å². The van der Waals surface area contributed by atoms with E-state index in [1.807, 2.05) is 11.4 Å². The van der Waals surface area contributed by atoms with Crippen LogP contribution in [0.3, 0.4) is 0 Å². The Hall–Kier alpha value is -0.0900. The molecule has 1 aromatic heterocycles. The maximum atomic E-state index is 6.04. The highest BCUT2D eigenvalue weighted by Gasteiger charge is 2.07. The summed E-state index contributed by atoms with van der Waals surface area (Å²) in [6.07, 6.45) is 0. The molecular formula is C9H4BrCl2NS. The van der Waals surface area contributed by atoms with Crippen molar-refractivity contribution < 1.29 is 0 Å². The fourth-order valence-electron chi connectivity index (χ4n) is 1.04. The fourth-order valence-corrected chi connectivity index (χ4v) is 2.89. The largest absolute Gasteiger partial charge is 0.229 e. The number of hydrogen-bond acceptors (Lipinski definition) is 2. The van der Waals surface area contributed by atoms with E-state index in [-0.39, 0.29) is 0 Å². The van der Waals surface area contributed by atoms with Crippen LogP contribution >= 0.6 is 50.5 Å². The Morgan fingerprint density at radius 1 is 1.29 bits per heavy atom. The van der Waals surface area contributed by atoms with Gasteiger partial charge in [0.2, 0.25) is 0 Å². The number of hydrogen-bond donors (Lipinski definition) is 0. The highest BCUT2D eigenvalue weighted by Crippen LogP contribution is 2.33. The first-order valence-electron chi connectivity index (χ1n) is 3.73. The third-order valence-electron chi connectivity index (χ3n) is 1.64. The fraction of sp³-hybridized carbons (Fsp3) is 0. The minimum Gasteiger partial charge on any atom is -0.229 e. The Morgan fingerprint density at radius 2 is 2.07 bits per heavy atom. The molecule has 0 radical (unpaired) electrons. The molecule has 0 fully saturated rings. The van der Waals surface area contributed by atoms with Gasteiger partial charge in [-0.15, -0.1) is 11.3 Å². The second-order valence-electron chi connectivity index (χ2n) is 2.60. The Labute approximate surface area is 104 Å². The highest BCUT2D eigenvalue weighted by atomic mass is 79.9. The second-order valence-corrected chi connectivity index (χ2v) is 5.11. The summed E-state index contributed by atoms with van der Waals surface area (Å²) in [5.74, 6) is 0. The van der Waals surface area contributed by atoms with Gasteiger partial charge in [-0.25, -0.2) is 4.98 Å². The molecule has 1 heterocycles. The molecule has 0 saturated carbocycles. The van der Waals surface area contributed by atoms with E-state index in [1.54, 1.807) is 12.1 Å². The van der Waals surface area contributed by atoms with E-state index >= 15 is 0 Å². The Bertz CT molecular complexity index is 470. The number of rotatable bonds is 1. The number of aromatic nitrogens is 1. The van der Waals surface area contributed by atoms with Gasteiger partial charge in [0.15, 0.2) is 0 Å². The molecule has 2 rings (SSSR count). The zero-order valence-electron chi connectivity index (χ0n) is 6.80. The first-order chi connectivity index (χ1) is 6.66. The summed E-state index contributed by atoms with van der Waals surface area (Å²) in [6.45, 7) is 0. The Kier molecular flexibility index (Phi) is 3.12. The zero-order valence-corrected chi connectivity index (χ0v) is 10.7. The Balaban J connectivity index is 2.52. The van der Waals surface area contributed by atoms with Gasteiger partial charge in [0.05, 0.1) is 5.02 Å². The van der Waals surface area contributed by atoms with E-state index in [4.69, 9.17) is 23.2 Å². The molecule has 0 N–H and O–H groups in total. The van der Waals surface area contributed by atoms with Crippen molar-refractivity contribution in [1.82, 2.24) is 4.98 Å². The SMILES string of the molecule is Clc1ccc(-c2nc(Br)cs2)c(Cl)c1. The topological polar surface area (TPSA) is 12.9 Å². The summed E-state index contributed by atoms with van der Waals surface area (Å²) >= 11 is 16.7. The molecule has 0 aliphatic carbocycles. The van der Waals surface area contributed by atoms with Gasteiger partial charge >= 0.3 is 0 Å². The van der Waals surface area contributed by atoms with Crippen LogP contribution in [0.25, 0.3) is 10.6 Å². The van der Waals surface area contributed by atoms with Crippen molar-refractivity contribution in [3.05, 3.63) is 38.2 Å². The predicted octanol–water partition coefficient (Wildman–Crippen LogP) is 4.88. The maximum absolute atomic E-state index is 6.04. The number of nitrogens with zero attached hydrogens (tertiary/aromatic N) is 1. The molecule has 0 saturated heterocycles. The summed E-state index contributed by atoms with van der Waals surface area (Å²) in [6, 6.07) is 5.39. The van der Waals surface area contributed by atoms with E-state index in [0.29, 0.717) is 10.0 Å². The lowest BCUT2D eigenvalue weighted by Gasteiger charge is -1.99. The van der Waals surface area contributed by atoms with E-state index in [9.17, 15) is 0 Å². The lowest BCUT2D eigenvalue weighted by molar-refractivity contribution is 1.36. The van der Waals surface area contributed by atoms with Crippen LogP contribution in [0.5, 0.6) is 0 Å². The summed E-state index contributed by atoms with van der Waals surface area (Å²) in [4.78, 5) is 4.28. The predicted molar refractivity (Wildman–Crippen MR) is 65.3 cm³/mol. The lowest BCUT2D eigenvalue weighted by Crippen LogP contribution is -1.77. The van der Waals surface area contributed by atoms with Crippen LogP contribution < -0.4 is 0 Å². The summed E-state index contributed by atoms with van der Waals surface area (Å²) in [5, 5.41) is 4.06. The van der Waals surface area contributed by atoms with Crippen molar-refractivity contribution in [3.8, 4) is 10.6 Å². The second kappa shape index (κ2) is 4.19. The van der Waals surface area contributed by atoms with E-state index in [2.05, 4.69) is 20.9 Å². The molecular weight excluding hydrogens is 305 g/mol. The summed E-state index contributed by atoms with van der Waals surface area (Å²) in [7, 11) is 0. The summed E-state index contributed by atoms with van der Waals surface area (Å²) in [5.41, 5.74) is 0.909. The van der Waals surface area contributed by atoms with E-state index < -0.39 is 0 Å². The quantitative estimate of drug-likeness (QED) is 0.731. The standard InChI is InChI=1S/C9H4BrCl2NS/c10-8-4-14-9(13-8)6-2-1-5(11)3-7(6)12/h1-4H. The molecule has 0 aliphatic rings. The maximum Gasteiger partial charge on any atom is 0.126 e. The van der Waals surface area contributed by atoms with Crippen molar-refractivity contribution in [2.24, 2.45) is 0 Å². The molecule has 1 nitrogen and oxygen atoms in total. The average molecular weight is 309 g/mol. The zero-order chi connectivity index (χ0) is 10.1. The lowest BCUT2D eigenvalue weighted by atomic mass is 10.2. The van der Waals surface area contributed by atoms with Gasteiger partial charge in [0.25, 0.3) is 0 Å². The van der Waals surface area contributed by atoms with Gasteiger partial charge in [-0.1, -0.05) is 23.2 Å². The van der Waals surface area contributed by atoms with Crippen LogP contribution in [0.1, 0.15) is 0 Å². The number of thiazole rings is 1. The molecule has 2 aromatic rings. The molecule has 0 unspecified atom stereocenters. The van der Waals surface area contributed by atoms with Crippen LogP contribution in [-0.4, -0.2) is 4.98 Å². The van der Waals surface area contributed by atoms with E-state index in [0.717, 1.165) is 15.2 Å². The third kappa shape index (κ3) is 2.11. The van der Waals surface area contributed by atoms with Crippen molar-refractivity contribution in [3.63, 3.8) is 0 Å². The van der Waals surface area contributed by atoms with Gasteiger partial charge in [-0.05, 0) is 34.1 Å². The summed E-state index contributed by atoms with van der Waals surface area (Å²) < 4.78 is 0.823. The van der Waals surface area contributed by atoms with Gasteiger partial charge in [-0.2, -0.15) is 0 Å². The number of benzene rings is 1. The smallest absolute Gasteiger partial charge is 0.126 e. The van der Waals surface area contributed by atoms with Crippen LogP contribution in [0.2, 0.25) is 10.0 Å².